The van der Waals surface area contributed by atoms with Crippen molar-refractivity contribution in [3.05, 3.63) is 30.7 Å². The van der Waals surface area contributed by atoms with Crippen molar-refractivity contribution < 1.29 is 25.6 Å². The fourth-order valence-corrected chi connectivity index (χ4v) is 2.20. The van der Waals surface area contributed by atoms with E-state index in [1.807, 2.05) is 6.92 Å². The molecule has 1 N–H and O–H groups in total. The van der Waals surface area contributed by atoms with E-state index in [-0.39, 0.29) is 21.2 Å². The van der Waals surface area contributed by atoms with Crippen LogP contribution in [0.4, 0.5) is 0 Å². The quantitative estimate of drug-likeness (QED) is 0.449. The molecule has 11 heavy (non-hydrogen) atoms. The van der Waals surface area contributed by atoms with Gasteiger partial charge >= 0.3 is 72.7 Å². The van der Waals surface area contributed by atoms with Gasteiger partial charge in [0.1, 0.15) is 0 Å². The van der Waals surface area contributed by atoms with Crippen molar-refractivity contribution in [2.24, 2.45) is 0 Å². The molecule has 5 heteroatoms. The van der Waals surface area contributed by atoms with Crippen molar-refractivity contribution in [1.29, 1.82) is 0 Å². The normalized spacial score (nSPS) is 10.3. The Kier molecular flexibility index (Phi) is 2.86. The summed E-state index contributed by atoms with van der Waals surface area (Å²) in [6.45, 7) is 2.00. The van der Waals surface area contributed by atoms with Gasteiger partial charge in [0.25, 0.3) is 0 Å². The molecule has 0 aromatic carbocycles. The Bertz CT molecular complexity index is 340. The summed E-state index contributed by atoms with van der Waals surface area (Å²) in [5.74, 6) is -0.682. The van der Waals surface area contributed by atoms with Crippen LogP contribution in [0, 0.1) is 3.57 Å². The molecule has 0 amide bonds. The van der Waals surface area contributed by atoms with Gasteiger partial charge in [-0.15, -0.1) is 0 Å². The summed E-state index contributed by atoms with van der Waals surface area (Å²) < 4.78 is 5.92. The maximum atomic E-state index is 10.9. The molecule has 0 aliphatic rings. The molecule has 62 valence electrons. The molecule has 0 radical (unpaired) electrons. The SMILES string of the molecule is CC[I-]c1c[nH]c(=O)oc1=O. The topological polar surface area (TPSA) is 63.1 Å². The molecule has 1 heterocycles. The number of halogens is 1. The van der Waals surface area contributed by atoms with Crippen LogP contribution in [0.2, 0.25) is 0 Å². The van der Waals surface area contributed by atoms with Crippen molar-refractivity contribution in [2.45, 2.75) is 6.92 Å². The summed E-state index contributed by atoms with van der Waals surface area (Å²) in [5.41, 5.74) is -0.483. The Morgan fingerprint density at radius 1 is 1.64 bits per heavy atom. The number of aromatic nitrogens is 1. The summed E-state index contributed by atoms with van der Waals surface area (Å²) in [7, 11) is 0. The monoisotopic (exact) mass is 268 g/mol. The minimum atomic E-state index is -0.682. The first-order valence-corrected chi connectivity index (χ1v) is 5.66. The van der Waals surface area contributed by atoms with E-state index in [1.165, 1.54) is 6.20 Å². The number of hydrogen-bond acceptors (Lipinski definition) is 3. The van der Waals surface area contributed by atoms with Gasteiger partial charge in [-0.25, -0.2) is 0 Å². The van der Waals surface area contributed by atoms with Crippen LogP contribution in [-0.2, 0) is 0 Å². The summed E-state index contributed by atoms with van der Waals surface area (Å²) >= 11 is -0.281. The van der Waals surface area contributed by atoms with Gasteiger partial charge in [0.15, 0.2) is 0 Å². The average Bonchev–Trinajstić information content (AvgIpc) is 1.95. The molecular formula is C6H7INO3-. The average molecular weight is 268 g/mol. The first-order chi connectivity index (χ1) is 5.24. The van der Waals surface area contributed by atoms with Crippen molar-refractivity contribution in [2.75, 3.05) is 4.43 Å². The number of nitrogens with one attached hydrogen (secondary N) is 1. The van der Waals surface area contributed by atoms with Gasteiger partial charge in [-0.2, -0.15) is 0 Å². The number of H-pyrrole nitrogens is 1. The first kappa shape index (κ1) is 8.51. The van der Waals surface area contributed by atoms with E-state index in [9.17, 15) is 9.59 Å². The van der Waals surface area contributed by atoms with E-state index in [0.717, 1.165) is 4.43 Å². The van der Waals surface area contributed by atoms with Gasteiger partial charge in [0.05, 0.1) is 0 Å². The van der Waals surface area contributed by atoms with E-state index in [2.05, 4.69) is 9.40 Å². The van der Waals surface area contributed by atoms with Gasteiger partial charge in [0, 0.05) is 0 Å². The van der Waals surface area contributed by atoms with E-state index >= 15 is 0 Å². The van der Waals surface area contributed by atoms with Gasteiger partial charge in [-0.1, -0.05) is 0 Å². The Balaban J connectivity index is 3.10. The Hall–Kier alpha value is -0.590. The predicted molar refractivity (Wildman–Crippen MR) is 34.8 cm³/mol. The summed E-state index contributed by atoms with van der Waals surface area (Å²) in [4.78, 5) is 23.6. The number of hydrogen-bond donors (Lipinski definition) is 1. The number of rotatable bonds is 2. The third-order valence-electron chi connectivity index (χ3n) is 0.975. The molecule has 1 aromatic rings. The van der Waals surface area contributed by atoms with Crippen molar-refractivity contribution in [3.8, 4) is 0 Å². The third kappa shape index (κ3) is 2.18. The van der Waals surface area contributed by atoms with Gasteiger partial charge in [-0.3, -0.25) is 0 Å². The van der Waals surface area contributed by atoms with E-state index in [1.54, 1.807) is 0 Å². The molecule has 0 bridgehead atoms. The van der Waals surface area contributed by atoms with E-state index in [4.69, 9.17) is 0 Å². The van der Waals surface area contributed by atoms with Crippen LogP contribution in [0.1, 0.15) is 6.92 Å². The molecule has 4 nitrogen and oxygen atoms in total. The van der Waals surface area contributed by atoms with E-state index < -0.39 is 11.4 Å². The van der Waals surface area contributed by atoms with E-state index in [0.29, 0.717) is 3.57 Å². The molecular weight excluding hydrogens is 261 g/mol. The summed E-state index contributed by atoms with van der Waals surface area (Å²) in [6, 6.07) is 0. The second-order valence-electron chi connectivity index (χ2n) is 1.71. The van der Waals surface area contributed by atoms with Crippen LogP contribution < -0.4 is 32.6 Å². The summed E-state index contributed by atoms with van der Waals surface area (Å²) in [5, 5.41) is 0. The molecule has 0 fully saturated rings. The van der Waals surface area contributed by atoms with Crippen LogP contribution in [0.25, 0.3) is 0 Å². The molecule has 0 saturated carbocycles. The Morgan fingerprint density at radius 2 is 2.36 bits per heavy atom. The zero-order valence-corrected chi connectivity index (χ0v) is 8.04. The molecule has 0 aliphatic heterocycles. The third-order valence-corrected chi connectivity index (χ3v) is 3.31. The van der Waals surface area contributed by atoms with Gasteiger partial charge < -0.3 is 0 Å². The molecule has 0 spiro atoms. The van der Waals surface area contributed by atoms with Crippen LogP contribution in [0.5, 0.6) is 0 Å². The molecule has 0 saturated heterocycles. The van der Waals surface area contributed by atoms with Crippen LogP contribution in [0.15, 0.2) is 20.2 Å². The predicted octanol–water partition coefficient (Wildman–Crippen LogP) is -3.39. The van der Waals surface area contributed by atoms with Gasteiger partial charge in [0.2, 0.25) is 0 Å². The van der Waals surface area contributed by atoms with Crippen LogP contribution in [0.3, 0.4) is 0 Å². The van der Waals surface area contributed by atoms with Crippen LogP contribution in [-0.4, -0.2) is 9.41 Å². The maximum absolute atomic E-state index is 10.9. The van der Waals surface area contributed by atoms with Crippen molar-refractivity contribution >= 4 is 0 Å². The van der Waals surface area contributed by atoms with Crippen LogP contribution >= 0.6 is 0 Å². The summed E-state index contributed by atoms with van der Waals surface area (Å²) in [6.07, 6.45) is 1.45. The molecule has 0 unspecified atom stereocenters. The zero-order chi connectivity index (χ0) is 8.27. The van der Waals surface area contributed by atoms with Crippen molar-refractivity contribution in [1.82, 2.24) is 4.98 Å². The molecule has 1 aromatic heterocycles. The molecule has 0 aliphatic carbocycles. The minimum absolute atomic E-state index is 0.281. The Labute approximate surface area is 72.9 Å². The molecule has 0 atom stereocenters. The number of alkyl halides is 1. The zero-order valence-electron chi connectivity index (χ0n) is 5.89. The second-order valence-corrected chi connectivity index (χ2v) is 5.17. The second kappa shape index (κ2) is 3.70. The standard InChI is InChI=1S/C6H7INO3/c1-2-7-4-3-8-6(10)11-5(4)9/h3H,2H2,1H3,(H,8,10)/q-1. The fourth-order valence-electron chi connectivity index (χ4n) is 0.581. The van der Waals surface area contributed by atoms with Crippen molar-refractivity contribution in [3.63, 3.8) is 0 Å². The first-order valence-electron chi connectivity index (χ1n) is 3.06. The molecule has 1 rings (SSSR count). The number of aromatic amines is 1. The van der Waals surface area contributed by atoms with Gasteiger partial charge in [-0.05, 0) is 0 Å². The Morgan fingerprint density at radius 3 is 2.91 bits per heavy atom. The fraction of sp³-hybridized carbons (Fsp3) is 0.333.